The molecule has 21 heteroatoms. The van der Waals surface area contributed by atoms with E-state index in [2.05, 4.69) is 55.1 Å². The van der Waals surface area contributed by atoms with Gasteiger partial charge in [-0.25, -0.2) is 29.1 Å². The molecule has 0 saturated heterocycles. The monoisotopic (exact) mass is 936 g/mol. The maximum Gasteiger partial charge on any atom is 0.407 e. The number of hydrogen-bond donors (Lipinski definition) is 3. The van der Waals surface area contributed by atoms with Crippen LogP contribution in [0.15, 0.2) is 64.7 Å². The number of nitrogens with zero attached hydrogens (tertiary/aromatic N) is 9. The topological polar surface area (TPSA) is 216 Å². The number of rotatable bonds is 20. The highest BCUT2D eigenvalue weighted by Gasteiger charge is 2.20. The van der Waals surface area contributed by atoms with Gasteiger partial charge in [0, 0.05) is 49.3 Å². The number of ether oxygens (including phenoxy) is 4. The fourth-order valence-electron chi connectivity index (χ4n) is 6.59. The van der Waals surface area contributed by atoms with Gasteiger partial charge in [-0.1, -0.05) is 54.1 Å². The maximum atomic E-state index is 13.4. The zero-order valence-corrected chi connectivity index (χ0v) is 39.3. The molecule has 346 valence electrons. The molecule has 66 heavy (non-hydrogen) atoms. The molecule has 0 aliphatic heterocycles. The largest absolute Gasteiger partial charge is 0.497 e. The van der Waals surface area contributed by atoms with Crippen LogP contribution in [0, 0.1) is 11.8 Å². The number of fused-ring (bicyclic) bond motifs is 4. The van der Waals surface area contributed by atoms with Gasteiger partial charge in [-0.2, -0.15) is 5.10 Å². The lowest BCUT2D eigenvalue weighted by molar-refractivity contribution is -0.115. The normalized spacial score (nSPS) is 11.5. The van der Waals surface area contributed by atoms with E-state index in [4.69, 9.17) is 28.9 Å². The highest BCUT2D eigenvalue weighted by Crippen LogP contribution is 2.31. The van der Waals surface area contributed by atoms with Crippen LogP contribution in [0.2, 0.25) is 0 Å². The molecule has 5 heterocycles. The molecular formula is C45H52N12O7S2. The van der Waals surface area contributed by atoms with Crippen LogP contribution in [0.3, 0.4) is 0 Å². The van der Waals surface area contributed by atoms with Crippen molar-refractivity contribution in [2.75, 3.05) is 57.6 Å². The molecule has 3 N–H and O–H groups in total. The van der Waals surface area contributed by atoms with Crippen molar-refractivity contribution in [3.63, 3.8) is 0 Å². The molecule has 5 aromatic heterocycles. The SMILES string of the molecule is CCCSc1nc(NCCNC(=O)OC(C)(C)C)c2nnn(Cc3ccc(C#CC(=O)NCCOCCOCc4nc5c(s4)c4cnn(Cc6cccc(OC)c6)c(=O)c4n5C)cc3)c2n1. The number of alkyl carbamates (subject to hydrolysis) is 1. The van der Waals surface area contributed by atoms with Crippen LogP contribution in [0.1, 0.15) is 55.8 Å². The van der Waals surface area contributed by atoms with Crippen molar-refractivity contribution in [1.82, 2.24) is 54.9 Å². The molecule has 0 atom stereocenters. The average molecular weight is 937 g/mol. The number of nitrogens with one attached hydrogen (secondary N) is 3. The fraction of sp³-hybridized carbons (Fsp3) is 0.400. The minimum Gasteiger partial charge on any atom is -0.497 e. The number of carbonyl (C=O) groups is 2. The van der Waals surface area contributed by atoms with Crippen molar-refractivity contribution in [2.45, 2.75) is 64.6 Å². The van der Waals surface area contributed by atoms with Gasteiger partial charge in [-0.15, -0.1) is 16.4 Å². The molecule has 0 fully saturated rings. The molecule has 2 amide bonds. The van der Waals surface area contributed by atoms with Gasteiger partial charge in [0.05, 0.1) is 57.5 Å². The Labute approximate surface area is 389 Å². The summed E-state index contributed by atoms with van der Waals surface area (Å²) in [5.41, 5.74) is 4.11. The van der Waals surface area contributed by atoms with Crippen molar-refractivity contribution < 1.29 is 28.5 Å². The lowest BCUT2D eigenvalue weighted by Gasteiger charge is -2.19. The summed E-state index contributed by atoms with van der Waals surface area (Å²) < 4.78 is 27.9. The second kappa shape index (κ2) is 22.1. The molecule has 0 spiro atoms. The second-order valence-electron chi connectivity index (χ2n) is 15.9. The summed E-state index contributed by atoms with van der Waals surface area (Å²) in [5.74, 6) is 7.22. The van der Waals surface area contributed by atoms with E-state index >= 15 is 0 Å². The van der Waals surface area contributed by atoms with Gasteiger partial charge in [-0.05, 0) is 62.6 Å². The summed E-state index contributed by atoms with van der Waals surface area (Å²) in [6.45, 7) is 10.5. The van der Waals surface area contributed by atoms with E-state index in [9.17, 15) is 14.4 Å². The molecule has 0 aliphatic carbocycles. The number of amides is 2. The van der Waals surface area contributed by atoms with Crippen molar-refractivity contribution in [3.8, 4) is 17.6 Å². The number of aromatic nitrogens is 9. The first kappa shape index (κ1) is 47.4. The van der Waals surface area contributed by atoms with Crippen LogP contribution in [-0.4, -0.2) is 114 Å². The molecule has 0 aliphatic rings. The van der Waals surface area contributed by atoms with Gasteiger partial charge in [0.1, 0.15) is 21.9 Å². The number of thiazole rings is 1. The van der Waals surface area contributed by atoms with Gasteiger partial charge in [-0.3, -0.25) is 9.59 Å². The van der Waals surface area contributed by atoms with Gasteiger partial charge < -0.3 is 39.5 Å². The summed E-state index contributed by atoms with van der Waals surface area (Å²) in [6, 6.07) is 15.1. The third-order valence-corrected chi connectivity index (χ3v) is 11.7. The Morgan fingerprint density at radius 2 is 1.71 bits per heavy atom. The second-order valence-corrected chi connectivity index (χ2v) is 18.0. The van der Waals surface area contributed by atoms with E-state index in [1.165, 1.54) is 16.0 Å². The zero-order valence-electron chi connectivity index (χ0n) is 37.7. The number of benzene rings is 2. The van der Waals surface area contributed by atoms with Crippen LogP contribution >= 0.6 is 23.1 Å². The number of carbonyl (C=O) groups excluding carboxylic acids is 2. The van der Waals surface area contributed by atoms with Gasteiger partial charge in [0.2, 0.25) is 0 Å². The highest BCUT2D eigenvalue weighted by atomic mass is 32.2. The van der Waals surface area contributed by atoms with E-state index in [0.29, 0.717) is 98.0 Å². The summed E-state index contributed by atoms with van der Waals surface area (Å²) in [5, 5.41) is 24.1. The van der Waals surface area contributed by atoms with Crippen molar-refractivity contribution >= 4 is 73.3 Å². The molecular weight excluding hydrogens is 885 g/mol. The van der Waals surface area contributed by atoms with Crippen molar-refractivity contribution in [1.29, 1.82) is 0 Å². The van der Waals surface area contributed by atoms with E-state index in [1.54, 1.807) is 29.8 Å². The molecule has 2 aromatic carbocycles. The molecule has 7 rings (SSSR count). The van der Waals surface area contributed by atoms with E-state index in [-0.39, 0.29) is 5.56 Å². The van der Waals surface area contributed by atoms with Crippen LogP contribution in [0.4, 0.5) is 10.6 Å². The van der Waals surface area contributed by atoms with Crippen LogP contribution in [-0.2, 0) is 45.7 Å². The standard InChI is InChI=1S/C45H52N12O7S2/c1-7-23-65-43-51-39(47-17-18-48-44(60)64-45(2,3)4)36-40(52-43)56(54-53-36)26-30-13-11-29(12-14-30)15-16-34(58)46-19-20-62-21-22-63-28-35-50-41-38(66-35)33-25-49-57(42(59)37(33)55(41)5)27-31-9-8-10-32(24-31)61-6/h8-14,24-25H,7,17-23,26-28H2,1-6H3,(H,46,58)(H,48,60)(H,47,51,52). The zero-order chi connectivity index (χ0) is 46.6. The maximum absolute atomic E-state index is 13.4. The summed E-state index contributed by atoms with van der Waals surface area (Å²) in [6.07, 6.45) is 2.19. The first-order chi connectivity index (χ1) is 31.9. The van der Waals surface area contributed by atoms with Crippen molar-refractivity contribution in [2.24, 2.45) is 7.05 Å². The third kappa shape index (κ3) is 12.4. The van der Waals surface area contributed by atoms with Gasteiger partial charge in [0.15, 0.2) is 27.8 Å². The predicted octanol–water partition coefficient (Wildman–Crippen LogP) is 5.12. The Morgan fingerprint density at radius 3 is 2.50 bits per heavy atom. The van der Waals surface area contributed by atoms with Crippen LogP contribution in [0.5, 0.6) is 5.75 Å². The smallest absolute Gasteiger partial charge is 0.407 e. The average Bonchev–Trinajstić information content (AvgIpc) is 3.98. The predicted molar refractivity (Wildman–Crippen MR) is 253 cm³/mol. The van der Waals surface area contributed by atoms with Gasteiger partial charge >= 0.3 is 6.09 Å². The number of anilines is 1. The van der Waals surface area contributed by atoms with E-state index < -0.39 is 17.6 Å². The highest BCUT2D eigenvalue weighted by molar-refractivity contribution is 7.99. The lowest BCUT2D eigenvalue weighted by Crippen LogP contribution is -2.35. The Bertz CT molecular complexity index is 2930. The lowest BCUT2D eigenvalue weighted by atomic mass is 10.1. The summed E-state index contributed by atoms with van der Waals surface area (Å²) >= 11 is 3.02. The van der Waals surface area contributed by atoms with Crippen molar-refractivity contribution in [3.05, 3.63) is 86.8 Å². The molecule has 19 nitrogen and oxygen atoms in total. The number of hydrogen-bond acceptors (Lipinski definition) is 16. The first-order valence-corrected chi connectivity index (χ1v) is 23.1. The molecule has 0 radical (unpaired) electrons. The first-order valence-electron chi connectivity index (χ1n) is 21.3. The quantitative estimate of drug-likeness (QED) is 0.0391. The van der Waals surface area contributed by atoms with Crippen LogP contribution < -0.4 is 26.2 Å². The molecule has 0 bridgehead atoms. The van der Waals surface area contributed by atoms with Crippen LogP contribution in [0.25, 0.3) is 32.4 Å². The molecule has 7 aromatic rings. The minimum atomic E-state index is -0.584. The summed E-state index contributed by atoms with van der Waals surface area (Å²) in [4.78, 5) is 52.0. The number of methoxy groups -OCH3 is 1. The Balaban J connectivity index is 0.825. The van der Waals surface area contributed by atoms with E-state index in [1.807, 2.05) is 80.9 Å². The minimum absolute atomic E-state index is 0.191. The molecule has 0 saturated carbocycles. The Morgan fingerprint density at radius 1 is 0.909 bits per heavy atom. The summed E-state index contributed by atoms with van der Waals surface area (Å²) in [7, 11) is 3.44. The van der Waals surface area contributed by atoms with Gasteiger partial charge in [0.25, 0.3) is 11.5 Å². The fourth-order valence-corrected chi connectivity index (χ4v) is 8.33. The van der Waals surface area contributed by atoms with E-state index in [0.717, 1.165) is 44.1 Å². The number of aryl methyl sites for hydroxylation is 1. The third-order valence-electron chi connectivity index (χ3n) is 9.64. The Hall–Kier alpha value is -6.60. The Kier molecular flexibility index (Phi) is 15.8. The molecule has 0 unspecified atom stereocenters. The number of thioether (sulfide) groups is 1.